The van der Waals surface area contributed by atoms with Crippen molar-refractivity contribution in [2.24, 2.45) is 11.7 Å². The van der Waals surface area contributed by atoms with E-state index in [0.717, 1.165) is 13.0 Å². The summed E-state index contributed by atoms with van der Waals surface area (Å²) in [5.74, 6) is 0.837. The van der Waals surface area contributed by atoms with Crippen molar-refractivity contribution in [3.63, 3.8) is 0 Å². The normalized spacial score (nSPS) is 26.1. The van der Waals surface area contributed by atoms with Gasteiger partial charge in [0.25, 0.3) is 0 Å². The van der Waals surface area contributed by atoms with Gasteiger partial charge in [0.1, 0.15) is 0 Å². The molecule has 18 heavy (non-hydrogen) atoms. The zero-order valence-electron chi connectivity index (χ0n) is 11.6. The first kappa shape index (κ1) is 18.2. The van der Waals surface area contributed by atoms with Gasteiger partial charge in [-0.15, -0.1) is 12.4 Å². The van der Waals surface area contributed by atoms with Gasteiger partial charge in [-0.2, -0.15) is 0 Å². The van der Waals surface area contributed by atoms with Crippen LogP contribution in [0.15, 0.2) is 0 Å². The van der Waals surface area contributed by atoms with Crippen molar-refractivity contribution in [3.05, 3.63) is 0 Å². The van der Waals surface area contributed by atoms with Crippen LogP contribution in [0.5, 0.6) is 0 Å². The lowest BCUT2D eigenvalue weighted by atomic mass is 9.91. The second-order valence-corrected chi connectivity index (χ2v) is 8.05. The average molecular weight is 299 g/mol. The van der Waals surface area contributed by atoms with Crippen LogP contribution in [-0.2, 0) is 9.84 Å². The van der Waals surface area contributed by atoms with E-state index in [4.69, 9.17) is 5.73 Å². The highest BCUT2D eigenvalue weighted by Gasteiger charge is 2.28. The lowest BCUT2D eigenvalue weighted by molar-refractivity contribution is 0.113. The summed E-state index contributed by atoms with van der Waals surface area (Å²) >= 11 is 0. The minimum absolute atomic E-state index is 0. The summed E-state index contributed by atoms with van der Waals surface area (Å²) in [7, 11) is -2.93. The lowest BCUT2D eigenvalue weighted by Crippen LogP contribution is -2.50. The van der Waals surface area contributed by atoms with Crippen LogP contribution in [0, 0.1) is 5.92 Å². The van der Waals surface area contributed by atoms with Crippen molar-refractivity contribution >= 4 is 22.2 Å². The molecule has 1 heterocycles. The standard InChI is InChI=1S/C12H26N2O2S.ClH/c1-10(2)17(15,16)8-7-14-6-4-5-11(3)12(14)9-13;/h10-12H,4-9,13H2,1-3H3;1H. The molecule has 1 saturated heterocycles. The van der Waals surface area contributed by atoms with E-state index in [2.05, 4.69) is 11.8 Å². The van der Waals surface area contributed by atoms with E-state index in [1.54, 1.807) is 13.8 Å². The van der Waals surface area contributed by atoms with Gasteiger partial charge in [0, 0.05) is 19.1 Å². The van der Waals surface area contributed by atoms with E-state index in [1.807, 2.05) is 0 Å². The van der Waals surface area contributed by atoms with Crippen LogP contribution < -0.4 is 5.73 Å². The summed E-state index contributed by atoms with van der Waals surface area (Å²) < 4.78 is 23.6. The van der Waals surface area contributed by atoms with E-state index in [0.29, 0.717) is 25.0 Å². The fourth-order valence-corrected chi connectivity index (χ4v) is 3.43. The minimum atomic E-state index is -2.93. The van der Waals surface area contributed by atoms with Crippen molar-refractivity contribution in [2.75, 3.05) is 25.4 Å². The predicted octanol–water partition coefficient (Wildman–Crippen LogP) is 1.29. The van der Waals surface area contributed by atoms with Crippen LogP contribution in [0.2, 0.25) is 0 Å². The largest absolute Gasteiger partial charge is 0.329 e. The Morgan fingerprint density at radius 1 is 1.39 bits per heavy atom. The van der Waals surface area contributed by atoms with Gasteiger partial charge in [-0.25, -0.2) is 8.42 Å². The maximum Gasteiger partial charge on any atom is 0.153 e. The molecular formula is C12H27ClN2O2S. The highest BCUT2D eigenvalue weighted by atomic mass is 35.5. The number of nitrogens with zero attached hydrogens (tertiary/aromatic N) is 1. The Morgan fingerprint density at radius 2 is 2.00 bits per heavy atom. The Labute approximate surface area is 118 Å². The van der Waals surface area contributed by atoms with Crippen LogP contribution in [0.1, 0.15) is 33.6 Å². The second-order valence-electron chi connectivity index (χ2n) is 5.37. The van der Waals surface area contributed by atoms with Crippen LogP contribution >= 0.6 is 12.4 Å². The predicted molar refractivity (Wildman–Crippen MR) is 79.0 cm³/mol. The number of sulfone groups is 1. The van der Waals surface area contributed by atoms with Gasteiger partial charge in [-0.05, 0) is 39.2 Å². The topological polar surface area (TPSA) is 63.4 Å². The zero-order chi connectivity index (χ0) is 13.1. The molecule has 2 N–H and O–H groups in total. The third-order valence-corrected chi connectivity index (χ3v) is 6.04. The molecule has 2 unspecified atom stereocenters. The molecule has 1 rings (SSSR count). The molecule has 6 heteroatoms. The first-order valence-corrected chi connectivity index (χ1v) is 8.25. The second kappa shape index (κ2) is 7.68. The number of hydrogen-bond donors (Lipinski definition) is 1. The molecule has 0 aromatic carbocycles. The molecule has 0 spiro atoms. The van der Waals surface area contributed by atoms with E-state index in [-0.39, 0.29) is 23.4 Å². The summed E-state index contributed by atoms with van der Waals surface area (Å²) in [4.78, 5) is 2.26. The molecule has 0 aliphatic carbocycles. The highest BCUT2D eigenvalue weighted by molar-refractivity contribution is 7.92. The summed E-state index contributed by atoms with van der Waals surface area (Å²) in [5, 5.41) is -0.277. The molecule has 110 valence electrons. The number of piperidine rings is 1. The monoisotopic (exact) mass is 298 g/mol. The number of nitrogens with two attached hydrogens (primary N) is 1. The Morgan fingerprint density at radius 3 is 2.50 bits per heavy atom. The highest BCUT2D eigenvalue weighted by Crippen LogP contribution is 2.22. The molecule has 0 radical (unpaired) electrons. The maximum absolute atomic E-state index is 11.8. The maximum atomic E-state index is 11.8. The molecule has 0 aromatic rings. The van der Waals surface area contributed by atoms with E-state index in [9.17, 15) is 8.42 Å². The average Bonchev–Trinajstić information content (AvgIpc) is 2.26. The van der Waals surface area contributed by atoms with Crippen molar-refractivity contribution in [2.45, 2.75) is 44.9 Å². The van der Waals surface area contributed by atoms with Crippen molar-refractivity contribution in [3.8, 4) is 0 Å². The molecule has 1 aliphatic heterocycles. The molecule has 4 nitrogen and oxygen atoms in total. The summed E-state index contributed by atoms with van der Waals surface area (Å²) in [6, 6.07) is 0.353. The quantitative estimate of drug-likeness (QED) is 0.831. The fraction of sp³-hybridized carbons (Fsp3) is 1.00. The molecular weight excluding hydrogens is 272 g/mol. The van der Waals surface area contributed by atoms with E-state index in [1.165, 1.54) is 6.42 Å². The number of likely N-dealkylation sites (tertiary alicyclic amines) is 1. The van der Waals surface area contributed by atoms with Crippen molar-refractivity contribution in [1.29, 1.82) is 0 Å². The van der Waals surface area contributed by atoms with Crippen molar-refractivity contribution < 1.29 is 8.42 Å². The number of halogens is 1. The molecule has 1 fully saturated rings. The van der Waals surface area contributed by atoms with Gasteiger partial charge >= 0.3 is 0 Å². The van der Waals surface area contributed by atoms with Gasteiger partial charge in [-0.1, -0.05) is 6.92 Å². The van der Waals surface area contributed by atoms with Crippen molar-refractivity contribution in [1.82, 2.24) is 4.90 Å². The first-order chi connectivity index (χ1) is 7.88. The number of rotatable bonds is 5. The Kier molecular flexibility index (Phi) is 7.75. The van der Waals surface area contributed by atoms with Crippen LogP contribution in [0.4, 0.5) is 0 Å². The Bertz CT molecular complexity index is 333. The molecule has 1 aliphatic rings. The zero-order valence-corrected chi connectivity index (χ0v) is 13.3. The smallest absolute Gasteiger partial charge is 0.153 e. The molecule has 0 aromatic heterocycles. The fourth-order valence-electron chi connectivity index (χ4n) is 2.47. The first-order valence-electron chi connectivity index (χ1n) is 6.54. The molecule has 0 saturated carbocycles. The van der Waals surface area contributed by atoms with Gasteiger partial charge in [0.2, 0.25) is 0 Å². The van der Waals surface area contributed by atoms with Gasteiger partial charge in [0.15, 0.2) is 9.84 Å². The SMILES string of the molecule is CC1CCCN(CCS(=O)(=O)C(C)C)C1CN.Cl. The molecule has 0 amide bonds. The van der Waals surface area contributed by atoms with E-state index >= 15 is 0 Å². The van der Waals surface area contributed by atoms with E-state index < -0.39 is 9.84 Å². The Balaban J connectivity index is 0.00000289. The third kappa shape index (κ3) is 4.68. The van der Waals surface area contributed by atoms with Gasteiger partial charge < -0.3 is 5.73 Å². The Hall–Kier alpha value is 0.160. The third-order valence-electron chi connectivity index (χ3n) is 3.85. The van der Waals surface area contributed by atoms with Gasteiger partial charge in [0.05, 0.1) is 11.0 Å². The number of hydrogen-bond acceptors (Lipinski definition) is 4. The molecule has 0 bridgehead atoms. The van der Waals surface area contributed by atoms with Crippen LogP contribution in [0.3, 0.4) is 0 Å². The summed E-state index contributed by atoms with van der Waals surface area (Å²) in [6.07, 6.45) is 2.36. The van der Waals surface area contributed by atoms with Crippen LogP contribution in [0.25, 0.3) is 0 Å². The minimum Gasteiger partial charge on any atom is -0.329 e. The summed E-state index contributed by atoms with van der Waals surface area (Å²) in [6.45, 7) is 7.94. The van der Waals surface area contributed by atoms with Gasteiger partial charge in [-0.3, -0.25) is 4.90 Å². The van der Waals surface area contributed by atoms with Crippen LogP contribution in [-0.4, -0.2) is 50.0 Å². The lowest BCUT2D eigenvalue weighted by Gasteiger charge is -2.39. The molecule has 2 atom stereocenters. The summed E-state index contributed by atoms with van der Waals surface area (Å²) in [5.41, 5.74) is 5.79.